The van der Waals surface area contributed by atoms with Crippen LogP contribution in [0.15, 0.2) is 30.4 Å². The number of hydrogen-bond acceptors (Lipinski definition) is 4. The number of ether oxygens (including phenoxy) is 2. The van der Waals surface area contributed by atoms with Crippen molar-refractivity contribution < 1.29 is 19.4 Å². The summed E-state index contributed by atoms with van der Waals surface area (Å²) in [4.78, 5) is 12.3. The molecule has 0 amide bonds. The minimum atomic E-state index is -0.954. The molecule has 0 heterocycles. The van der Waals surface area contributed by atoms with Crippen LogP contribution in [0.1, 0.15) is 0 Å². The highest BCUT2D eigenvalue weighted by Crippen LogP contribution is 2.31. The Hall–Kier alpha value is -2.17. The zero-order valence-electron chi connectivity index (χ0n) is 10.7. The zero-order chi connectivity index (χ0) is 13.5. The first kappa shape index (κ1) is 13.9. The van der Waals surface area contributed by atoms with Crippen LogP contribution < -0.4 is 14.4 Å². The van der Waals surface area contributed by atoms with Gasteiger partial charge in [0.05, 0.1) is 19.9 Å². The number of benzene rings is 1. The SMILES string of the molecule is COc1ccc(N(C)C/C=C/C(=O)O)c(OC)c1. The van der Waals surface area contributed by atoms with Gasteiger partial charge in [-0.1, -0.05) is 6.08 Å². The van der Waals surface area contributed by atoms with Crippen LogP contribution in [0.3, 0.4) is 0 Å². The summed E-state index contributed by atoms with van der Waals surface area (Å²) in [6.45, 7) is 0.481. The fraction of sp³-hybridized carbons (Fsp3) is 0.308. The van der Waals surface area contributed by atoms with Crippen molar-refractivity contribution in [2.45, 2.75) is 0 Å². The summed E-state index contributed by atoms with van der Waals surface area (Å²) >= 11 is 0. The first-order chi connectivity index (χ1) is 8.58. The number of anilines is 1. The quantitative estimate of drug-likeness (QED) is 0.781. The summed E-state index contributed by atoms with van der Waals surface area (Å²) in [6, 6.07) is 5.48. The molecule has 0 fully saturated rings. The summed E-state index contributed by atoms with van der Waals surface area (Å²) < 4.78 is 10.4. The van der Waals surface area contributed by atoms with Gasteiger partial charge >= 0.3 is 5.97 Å². The Bertz CT molecular complexity index is 443. The fourth-order valence-corrected chi connectivity index (χ4v) is 1.51. The van der Waals surface area contributed by atoms with Crippen molar-refractivity contribution >= 4 is 11.7 Å². The lowest BCUT2D eigenvalue weighted by molar-refractivity contribution is -0.131. The number of carboxylic acids is 1. The van der Waals surface area contributed by atoms with E-state index in [1.807, 2.05) is 24.1 Å². The molecule has 0 spiro atoms. The largest absolute Gasteiger partial charge is 0.497 e. The van der Waals surface area contributed by atoms with Gasteiger partial charge in [0.1, 0.15) is 11.5 Å². The molecule has 0 atom stereocenters. The smallest absolute Gasteiger partial charge is 0.328 e. The Morgan fingerprint density at radius 1 is 1.39 bits per heavy atom. The number of aliphatic carboxylic acids is 1. The first-order valence-electron chi connectivity index (χ1n) is 5.41. The molecular formula is C13H17NO4. The standard InChI is InChI=1S/C13H17NO4/c1-14(8-4-5-13(15)16)11-7-6-10(17-2)9-12(11)18-3/h4-7,9H,8H2,1-3H3,(H,15,16)/b5-4+. The molecule has 0 aliphatic carbocycles. The molecule has 1 aromatic rings. The highest BCUT2D eigenvalue weighted by atomic mass is 16.5. The van der Waals surface area contributed by atoms with Gasteiger partial charge in [-0.2, -0.15) is 0 Å². The van der Waals surface area contributed by atoms with Gasteiger partial charge in [-0.3, -0.25) is 0 Å². The summed E-state index contributed by atoms with van der Waals surface area (Å²) in [6.07, 6.45) is 2.69. The van der Waals surface area contributed by atoms with E-state index in [9.17, 15) is 4.79 Å². The van der Waals surface area contributed by atoms with E-state index in [4.69, 9.17) is 14.6 Å². The molecule has 98 valence electrons. The van der Waals surface area contributed by atoms with Crippen molar-refractivity contribution in [3.63, 3.8) is 0 Å². The third-order valence-electron chi connectivity index (χ3n) is 2.44. The normalized spacial score (nSPS) is 10.4. The number of hydrogen-bond donors (Lipinski definition) is 1. The number of methoxy groups -OCH3 is 2. The summed E-state index contributed by atoms with van der Waals surface area (Å²) in [5.74, 6) is 0.441. The fourth-order valence-electron chi connectivity index (χ4n) is 1.51. The maximum Gasteiger partial charge on any atom is 0.328 e. The van der Waals surface area contributed by atoms with E-state index in [-0.39, 0.29) is 0 Å². The maximum absolute atomic E-state index is 10.4. The second-order valence-electron chi connectivity index (χ2n) is 3.66. The second-order valence-corrected chi connectivity index (χ2v) is 3.66. The van der Waals surface area contributed by atoms with Crippen LogP contribution in [-0.2, 0) is 4.79 Å². The molecule has 0 aliphatic rings. The van der Waals surface area contributed by atoms with Gasteiger partial charge < -0.3 is 19.5 Å². The van der Waals surface area contributed by atoms with Crippen LogP contribution in [0.4, 0.5) is 5.69 Å². The predicted molar refractivity (Wildman–Crippen MR) is 69.6 cm³/mol. The lowest BCUT2D eigenvalue weighted by atomic mass is 10.2. The second kappa shape index (κ2) is 6.54. The number of likely N-dealkylation sites (N-methyl/N-ethyl adjacent to an activating group) is 1. The first-order valence-corrected chi connectivity index (χ1v) is 5.41. The van der Waals surface area contributed by atoms with Crippen LogP contribution in [0.5, 0.6) is 11.5 Å². The molecule has 0 saturated carbocycles. The van der Waals surface area contributed by atoms with Gasteiger partial charge in [-0.25, -0.2) is 4.79 Å². The number of nitrogens with zero attached hydrogens (tertiary/aromatic N) is 1. The Kier molecular flexibility index (Phi) is 5.05. The lowest BCUT2D eigenvalue weighted by Crippen LogP contribution is -2.17. The summed E-state index contributed by atoms with van der Waals surface area (Å²) in [7, 11) is 5.03. The van der Waals surface area contributed by atoms with E-state index in [2.05, 4.69) is 0 Å². The topological polar surface area (TPSA) is 59.0 Å². The van der Waals surface area contributed by atoms with E-state index >= 15 is 0 Å². The molecule has 1 N–H and O–H groups in total. The maximum atomic E-state index is 10.4. The molecule has 0 unspecified atom stereocenters. The van der Waals surface area contributed by atoms with Crippen LogP contribution in [0.2, 0.25) is 0 Å². The summed E-state index contributed by atoms with van der Waals surface area (Å²) in [5, 5.41) is 8.52. The third-order valence-corrected chi connectivity index (χ3v) is 2.44. The minimum absolute atomic E-state index is 0.481. The monoisotopic (exact) mass is 251 g/mol. The van der Waals surface area contributed by atoms with E-state index in [0.717, 1.165) is 11.8 Å². The molecule has 0 saturated heterocycles. The molecule has 1 rings (SSSR count). The summed E-state index contributed by atoms with van der Waals surface area (Å²) in [5.41, 5.74) is 0.869. The van der Waals surface area contributed by atoms with Gasteiger partial charge in [0.25, 0.3) is 0 Å². The van der Waals surface area contributed by atoms with Crippen molar-refractivity contribution in [2.24, 2.45) is 0 Å². The average Bonchev–Trinajstić information content (AvgIpc) is 2.37. The Morgan fingerprint density at radius 2 is 2.11 bits per heavy atom. The number of carboxylic acid groups (broad SMARTS) is 1. The van der Waals surface area contributed by atoms with E-state index in [1.54, 1.807) is 26.4 Å². The van der Waals surface area contributed by atoms with Crippen LogP contribution in [0.25, 0.3) is 0 Å². The van der Waals surface area contributed by atoms with Crippen molar-refractivity contribution in [3.8, 4) is 11.5 Å². The molecule has 0 aromatic heterocycles. The van der Waals surface area contributed by atoms with Crippen LogP contribution in [0, 0.1) is 0 Å². The highest BCUT2D eigenvalue weighted by Gasteiger charge is 2.08. The highest BCUT2D eigenvalue weighted by molar-refractivity contribution is 5.79. The minimum Gasteiger partial charge on any atom is -0.497 e. The van der Waals surface area contributed by atoms with Gasteiger partial charge in [-0.05, 0) is 12.1 Å². The van der Waals surface area contributed by atoms with Crippen molar-refractivity contribution in [1.29, 1.82) is 0 Å². The molecule has 1 aromatic carbocycles. The Labute approximate surface area is 106 Å². The molecule has 0 radical (unpaired) electrons. The molecule has 5 heteroatoms. The van der Waals surface area contributed by atoms with Crippen LogP contribution >= 0.6 is 0 Å². The van der Waals surface area contributed by atoms with Crippen molar-refractivity contribution in [3.05, 3.63) is 30.4 Å². The van der Waals surface area contributed by atoms with Crippen LogP contribution in [-0.4, -0.2) is 38.9 Å². The molecule has 18 heavy (non-hydrogen) atoms. The average molecular weight is 251 g/mol. The number of carbonyl (C=O) groups is 1. The molecule has 0 aliphatic heterocycles. The van der Waals surface area contributed by atoms with E-state index in [1.165, 1.54) is 0 Å². The van der Waals surface area contributed by atoms with Gasteiger partial charge in [0.2, 0.25) is 0 Å². The van der Waals surface area contributed by atoms with E-state index in [0.29, 0.717) is 18.0 Å². The third kappa shape index (κ3) is 3.69. The van der Waals surface area contributed by atoms with Crippen molar-refractivity contribution in [2.75, 3.05) is 32.7 Å². The number of rotatable bonds is 6. The Balaban J connectivity index is 2.84. The molecule has 0 bridgehead atoms. The zero-order valence-corrected chi connectivity index (χ0v) is 10.7. The van der Waals surface area contributed by atoms with Gasteiger partial charge in [-0.15, -0.1) is 0 Å². The van der Waals surface area contributed by atoms with Crippen molar-refractivity contribution in [1.82, 2.24) is 0 Å². The van der Waals surface area contributed by atoms with Gasteiger partial charge in [0.15, 0.2) is 0 Å². The predicted octanol–water partition coefficient (Wildman–Crippen LogP) is 1.78. The molecule has 5 nitrogen and oxygen atoms in total. The van der Waals surface area contributed by atoms with Gasteiger partial charge in [0, 0.05) is 25.7 Å². The Morgan fingerprint density at radius 3 is 2.67 bits per heavy atom. The van der Waals surface area contributed by atoms with E-state index < -0.39 is 5.97 Å². The molecular weight excluding hydrogens is 234 g/mol. The lowest BCUT2D eigenvalue weighted by Gasteiger charge is -2.20.